The highest BCUT2D eigenvalue weighted by atomic mass is 19.1. The first-order chi connectivity index (χ1) is 8.77. The second-order valence-corrected chi connectivity index (χ2v) is 5.05. The van der Waals surface area contributed by atoms with Gasteiger partial charge >= 0.3 is 0 Å². The van der Waals surface area contributed by atoms with Gasteiger partial charge in [0.05, 0.1) is 0 Å². The average molecular weight is 250 g/mol. The standard InChI is InChI=1S/C15H23FN2/c1-2-12-7-4-3-5-10-18(12)15-9-6-8-14(16)13(15)11-17/h6,8-9,12H,2-5,7,10-11,17H2,1H3. The zero-order chi connectivity index (χ0) is 13.0. The van der Waals surface area contributed by atoms with E-state index in [-0.39, 0.29) is 12.4 Å². The molecule has 0 amide bonds. The van der Waals surface area contributed by atoms with Crippen molar-refractivity contribution in [2.75, 3.05) is 11.4 Å². The third-order valence-corrected chi connectivity index (χ3v) is 3.96. The van der Waals surface area contributed by atoms with Crippen molar-refractivity contribution < 1.29 is 4.39 Å². The van der Waals surface area contributed by atoms with Crippen LogP contribution in [0.25, 0.3) is 0 Å². The Morgan fingerprint density at radius 1 is 1.33 bits per heavy atom. The number of nitrogens with zero attached hydrogens (tertiary/aromatic N) is 1. The Morgan fingerprint density at radius 3 is 2.89 bits per heavy atom. The molecule has 0 radical (unpaired) electrons. The molecule has 0 bridgehead atoms. The first kappa shape index (κ1) is 13.3. The largest absolute Gasteiger partial charge is 0.368 e. The minimum atomic E-state index is -0.172. The number of halogens is 1. The summed E-state index contributed by atoms with van der Waals surface area (Å²) in [5, 5.41) is 0. The molecule has 0 aromatic heterocycles. The van der Waals surface area contributed by atoms with E-state index in [4.69, 9.17) is 5.73 Å². The quantitative estimate of drug-likeness (QED) is 0.890. The number of anilines is 1. The molecule has 0 aliphatic carbocycles. The third-order valence-electron chi connectivity index (χ3n) is 3.96. The molecule has 1 atom stereocenters. The number of hydrogen-bond donors (Lipinski definition) is 1. The topological polar surface area (TPSA) is 29.3 Å². The van der Waals surface area contributed by atoms with Crippen LogP contribution in [0.5, 0.6) is 0 Å². The molecule has 1 aromatic carbocycles. The summed E-state index contributed by atoms with van der Waals surface area (Å²) in [5.74, 6) is -0.172. The Hall–Kier alpha value is -1.09. The van der Waals surface area contributed by atoms with Crippen LogP contribution in [-0.2, 0) is 6.54 Å². The van der Waals surface area contributed by atoms with Crippen LogP contribution in [0.2, 0.25) is 0 Å². The van der Waals surface area contributed by atoms with Crippen LogP contribution >= 0.6 is 0 Å². The molecule has 2 rings (SSSR count). The number of nitrogens with two attached hydrogens (primary N) is 1. The highest BCUT2D eigenvalue weighted by Gasteiger charge is 2.22. The van der Waals surface area contributed by atoms with Crippen molar-refractivity contribution in [1.82, 2.24) is 0 Å². The second kappa shape index (κ2) is 6.19. The maximum atomic E-state index is 13.8. The summed E-state index contributed by atoms with van der Waals surface area (Å²) >= 11 is 0. The Kier molecular flexibility index (Phi) is 4.59. The summed E-state index contributed by atoms with van der Waals surface area (Å²) in [6.07, 6.45) is 6.07. The van der Waals surface area contributed by atoms with Gasteiger partial charge in [-0.05, 0) is 31.4 Å². The molecule has 2 nitrogen and oxygen atoms in total. The first-order valence-electron chi connectivity index (χ1n) is 7.02. The van der Waals surface area contributed by atoms with Gasteiger partial charge in [-0.2, -0.15) is 0 Å². The Labute approximate surface area is 109 Å². The second-order valence-electron chi connectivity index (χ2n) is 5.05. The molecule has 18 heavy (non-hydrogen) atoms. The van der Waals surface area contributed by atoms with E-state index in [0.717, 1.165) is 18.7 Å². The normalized spacial score (nSPS) is 20.8. The lowest BCUT2D eigenvalue weighted by Crippen LogP contribution is -2.35. The van der Waals surface area contributed by atoms with Gasteiger partial charge in [-0.3, -0.25) is 0 Å². The predicted octanol–water partition coefficient (Wildman–Crippen LogP) is 3.44. The lowest BCUT2D eigenvalue weighted by atomic mass is 10.0. The van der Waals surface area contributed by atoms with Gasteiger partial charge in [0.2, 0.25) is 0 Å². The fourth-order valence-corrected chi connectivity index (χ4v) is 2.94. The van der Waals surface area contributed by atoms with Crippen LogP contribution in [0.15, 0.2) is 18.2 Å². The molecule has 2 N–H and O–H groups in total. The molecule has 0 spiro atoms. The zero-order valence-electron chi connectivity index (χ0n) is 11.2. The highest BCUT2D eigenvalue weighted by molar-refractivity contribution is 5.55. The SMILES string of the molecule is CCC1CCCCCN1c1cccc(F)c1CN. The van der Waals surface area contributed by atoms with E-state index in [9.17, 15) is 4.39 Å². The lowest BCUT2D eigenvalue weighted by Gasteiger charge is -2.33. The molecule has 1 aromatic rings. The summed E-state index contributed by atoms with van der Waals surface area (Å²) in [6.45, 7) is 3.51. The van der Waals surface area contributed by atoms with Crippen molar-refractivity contribution in [3.05, 3.63) is 29.6 Å². The Balaban J connectivity index is 2.35. The van der Waals surface area contributed by atoms with Gasteiger partial charge in [-0.1, -0.05) is 25.8 Å². The van der Waals surface area contributed by atoms with E-state index < -0.39 is 0 Å². The van der Waals surface area contributed by atoms with Crippen LogP contribution in [-0.4, -0.2) is 12.6 Å². The zero-order valence-corrected chi connectivity index (χ0v) is 11.2. The van der Waals surface area contributed by atoms with Crippen molar-refractivity contribution >= 4 is 5.69 Å². The van der Waals surface area contributed by atoms with E-state index in [0.29, 0.717) is 11.6 Å². The van der Waals surface area contributed by atoms with Crippen molar-refractivity contribution in [2.45, 2.75) is 51.6 Å². The van der Waals surface area contributed by atoms with Crippen molar-refractivity contribution in [2.24, 2.45) is 5.73 Å². The van der Waals surface area contributed by atoms with E-state index in [2.05, 4.69) is 11.8 Å². The monoisotopic (exact) mass is 250 g/mol. The smallest absolute Gasteiger partial charge is 0.129 e. The van der Waals surface area contributed by atoms with Crippen molar-refractivity contribution in [3.8, 4) is 0 Å². The van der Waals surface area contributed by atoms with E-state index in [1.807, 2.05) is 6.07 Å². The number of benzene rings is 1. The highest BCUT2D eigenvalue weighted by Crippen LogP contribution is 2.29. The predicted molar refractivity (Wildman–Crippen MR) is 74.2 cm³/mol. The van der Waals surface area contributed by atoms with Gasteiger partial charge in [-0.25, -0.2) is 4.39 Å². The van der Waals surface area contributed by atoms with Gasteiger partial charge < -0.3 is 10.6 Å². The van der Waals surface area contributed by atoms with Crippen molar-refractivity contribution in [3.63, 3.8) is 0 Å². The van der Waals surface area contributed by atoms with E-state index in [1.54, 1.807) is 6.07 Å². The molecular formula is C15H23FN2. The molecule has 1 saturated heterocycles. The summed E-state index contributed by atoms with van der Waals surface area (Å²) in [6, 6.07) is 5.84. The molecule has 0 saturated carbocycles. The molecule has 100 valence electrons. The van der Waals surface area contributed by atoms with Crippen LogP contribution in [0.3, 0.4) is 0 Å². The minimum absolute atomic E-state index is 0.172. The van der Waals surface area contributed by atoms with Gasteiger partial charge in [0.15, 0.2) is 0 Å². The van der Waals surface area contributed by atoms with Gasteiger partial charge in [0.1, 0.15) is 5.82 Å². The van der Waals surface area contributed by atoms with Crippen molar-refractivity contribution in [1.29, 1.82) is 0 Å². The van der Waals surface area contributed by atoms with E-state index >= 15 is 0 Å². The average Bonchev–Trinajstić information content (AvgIpc) is 2.63. The van der Waals surface area contributed by atoms with E-state index in [1.165, 1.54) is 31.7 Å². The summed E-state index contributed by atoms with van der Waals surface area (Å²) < 4.78 is 13.8. The number of rotatable bonds is 3. The summed E-state index contributed by atoms with van der Waals surface area (Å²) in [5.41, 5.74) is 7.39. The first-order valence-corrected chi connectivity index (χ1v) is 7.02. The third kappa shape index (κ3) is 2.66. The lowest BCUT2D eigenvalue weighted by molar-refractivity contribution is 0.550. The molecule has 1 aliphatic heterocycles. The molecule has 1 aliphatic rings. The van der Waals surface area contributed by atoms with Gasteiger partial charge in [0, 0.05) is 30.4 Å². The Bertz CT molecular complexity index is 392. The van der Waals surface area contributed by atoms with Gasteiger partial charge in [0.25, 0.3) is 0 Å². The van der Waals surface area contributed by atoms with Crippen LogP contribution in [0.4, 0.5) is 10.1 Å². The molecular weight excluding hydrogens is 227 g/mol. The molecule has 1 fully saturated rings. The maximum absolute atomic E-state index is 13.8. The Morgan fingerprint density at radius 2 is 2.17 bits per heavy atom. The fraction of sp³-hybridized carbons (Fsp3) is 0.600. The summed E-state index contributed by atoms with van der Waals surface area (Å²) in [4.78, 5) is 2.37. The minimum Gasteiger partial charge on any atom is -0.368 e. The van der Waals surface area contributed by atoms with Gasteiger partial charge in [-0.15, -0.1) is 0 Å². The van der Waals surface area contributed by atoms with Crippen LogP contribution < -0.4 is 10.6 Å². The van der Waals surface area contributed by atoms with Crippen LogP contribution in [0.1, 0.15) is 44.6 Å². The molecule has 3 heteroatoms. The summed E-state index contributed by atoms with van der Waals surface area (Å²) in [7, 11) is 0. The molecule has 1 unspecified atom stereocenters. The molecule has 1 heterocycles. The number of hydrogen-bond acceptors (Lipinski definition) is 2. The fourth-order valence-electron chi connectivity index (χ4n) is 2.94. The maximum Gasteiger partial charge on any atom is 0.129 e. The van der Waals surface area contributed by atoms with Crippen LogP contribution in [0, 0.1) is 5.82 Å².